The molecule has 82 valence electrons. The fraction of sp³-hybridized carbons (Fsp3) is 0.100. The first kappa shape index (κ1) is 11.3. The number of rotatable bonds is 2. The van der Waals surface area contributed by atoms with Crippen LogP contribution in [0.1, 0.15) is 16.1 Å². The van der Waals surface area contributed by atoms with Gasteiger partial charge >= 0.3 is 0 Å². The Morgan fingerprint density at radius 3 is 2.88 bits per heavy atom. The van der Waals surface area contributed by atoms with Gasteiger partial charge in [0.05, 0.1) is 5.02 Å². The second kappa shape index (κ2) is 4.35. The summed E-state index contributed by atoms with van der Waals surface area (Å²) in [6, 6.07) is 3.37. The summed E-state index contributed by atoms with van der Waals surface area (Å²) in [6.07, 6.45) is 2.38. The molecule has 0 saturated carbocycles. The molecular weight excluding hydrogens is 293 g/mol. The molecule has 0 spiro atoms. The van der Waals surface area contributed by atoms with Gasteiger partial charge in [0, 0.05) is 12.3 Å². The number of hydrogen-bond donors (Lipinski definition) is 0. The molecule has 0 radical (unpaired) electrons. The van der Waals surface area contributed by atoms with Gasteiger partial charge in [-0.1, -0.05) is 11.6 Å². The summed E-state index contributed by atoms with van der Waals surface area (Å²) >= 11 is 9.25. The second-order valence-corrected chi connectivity index (χ2v) is 4.46. The van der Waals surface area contributed by atoms with E-state index in [0.717, 1.165) is 5.56 Å². The number of hydrogen-bond acceptors (Lipinski definition) is 3. The van der Waals surface area contributed by atoms with Crippen molar-refractivity contribution in [1.29, 1.82) is 0 Å². The van der Waals surface area contributed by atoms with E-state index >= 15 is 0 Å². The van der Waals surface area contributed by atoms with Crippen LogP contribution >= 0.6 is 27.5 Å². The SMILES string of the molecule is Cc1cnc(-n2nc(Br)cc2C=O)c(Cl)c1. The number of pyridine rings is 1. The van der Waals surface area contributed by atoms with Gasteiger partial charge in [0.1, 0.15) is 10.3 Å². The molecule has 2 aromatic heterocycles. The third-order valence-electron chi connectivity index (χ3n) is 1.99. The zero-order valence-electron chi connectivity index (χ0n) is 8.32. The van der Waals surface area contributed by atoms with Crippen molar-refractivity contribution in [2.75, 3.05) is 0 Å². The van der Waals surface area contributed by atoms with Gasteiger partial charge in [-0.3, -0.25) is 4.79 Å². The lowest BCUT2D eigenvalue weighted by atomic mass is 10.3. The Morgan fingerprint density at radius 1 is 1.50 bits per heavy atom. The third-order valence-corrected chi connectivity index (χ3v) is 2.65. The Kier molecular flexibility index (Phi) is 3.07. The summed E-state index contributed by atoms with van der Waals surface area (Å²) in [4.78, 5) is 15.0. The van der Waals surface area contributed by atoms with Gasteiger partial charge in [0.25, 0.3) is 0 Å². The maximum Gasteiger partial charge on any atom is 0.172 e. The molecule has 0 atom stereocenters. The number of carbonyl (C=O) groups is 1. The minimum Gasteiger partial charge on any atom is -0.296 e. The molecule has 0 aliphatic carbocycles. The molecule has 0 fully saturated rings. The Bertz CT molecular complexity index is 553. The maximum atomic E-state index is 10.8. The van der Waals surface area contributed by atoms with Crippen LogP contribution in [0.4, 0.5) is 0 Å². The highest BCUT2D eigenvalue weighted by Gasteiger charge is 2.11. The minimum atomic E-state index is 0.394. The molecule has 0 saturated heterocycles. The highest BCUT2D eigenvalue weighted by atomic mass is 79.9. The number of aryl methyl sites for hydroxylation is 1. The van der Waals surface area contributed by atoms with Crippen LogP contribution in [0.2, 0.25) is 5.02 Å². The Balaban J connectivity index is 2.62. The highest BCUT2D eigenvalue weighted by Crippen LogP contribution is 2.21. The van der Waals surface area contributed by atoms with Crippen LogP contribution in [0.3, 0.4) is 0 Å². The molecule has 2 aromatic rings. The zero-order valence-corrected chi connectivity index (χ0v) is 10.7. The van der Waals surface area contributed by atoms with Crippen LogP contribution in [0.5, 0.6) is 0 Å². The molecule has 0 unspecified atom stereocenters. The molecule has 6 heteroatoms. The molecule has 2 heterocycles. The number of nitrogens with zero attached hydrogens (tertiary/aromatic N) is 3. The maximum absolute atomic E-state index is 10.8. The zero-order chi connectivity index (χ0) is 11.7. The van der Waals surface area contributed by atoms with Gasteiger partial charge in [0.2, 0.25) is 0 Å². The van der Waals surface area contributed by atoms with Gasteiger partial charge in [-0.25, -0.2) is 9.67 Å². The van der Waals surface area contributed by atoms with E-state index in [1.54, 1.807) is 18.3 Å². The van der Waals surface area contributed by atoms with Crippen LogP contribution in [0.15, 0.2) is 22.9 Å². The van der Waals surface area contributed by atoms with E-state index in [1.807, 2.05) is 6.92 Å². The number of aromatic nitrogens is 3. The van der Waals surface area contributed by atoms with Crippen molar-refractivity contribution < 1.29 is 4.79 Å². The molecule has 0 bridgehead atoms. The smallest absolute Gasteiger partial charge is 0.172 e. The first-order valence-corrected chi connectivity index (χ1v) is 5.62. The van der Waals surface area contributed by atoms with Gasteiger partial charge in [-0.05, 0) is 34.5 Å². The fourth-order valence-electron chi connectivity index (χ4n) is 1.30. The third kappa shape index (κ3) is 2.01. The summed E-state index contributed by atoms with van der Waals surface area (Å²) in [5.74, 6) is 0.445. The van der Waals surface area contributed by atoms with Crippen molar-refractivity contribution in [3.63, 3.8) is 0 Å². The van der Waals surface area contributed by atoms with Crippen LogP contribution < -0.4 is 0 Å². The van der Waals surface area contributed by atoms with Crippen molar-refractivity contribution >= 4 is 33.8 Å². The fourth-order valence-corrected chi connectivity index (χ4v) is 2.00. The van der Waals surface area contributed by atoms with E-state index < -0.39 is 0 Å². The average molecular weight is 301 g/mol. The molecule has 4 nitrogen and oxygen atoms in total. The van der Waals surface area contributed by atoms with E-state index in [4.69, 9.17) is 11.6 Å². The van der Waals surface area contributed by atoms with Crippen LogP contribution in [-0.2, 0) is 0 Å². The topological polar surface area (TPSA) is 47.8 Å². The first-order valence-electron chi connectivity index (χ1n) is 4.45. The Labute approximate surface area is 105 Å². The van der Waals surface area contributed by atoms with E-state index in [-0.39, 0.29) is 0 Å². The van der Waals surface area contributed by atoms with Crippen LogP contribution in [0, 0.1) is 6.92 Å². The standard InChI is InChI=1S/C10H7BrClN3O/c1-6-2-8(12)10(13-4-6)15-7(5-16)3-9(11)14-15/h2-5H,1H3. The van der Waals surface area contributed by atoms with Crippen molar-refractivity contribution in [3.8, 4) is 5.82 Å². The van der Waals surface area contributed by atoms with Crippen molar-refractivity contribution in [1.82, 2.24) is 14.8 Å². The molecular formula is C10H7BrClN3O. The van der Waals surface area contributed by atoms with E-state index in [0.29, 0.717) is 27.4 Å². The normalized spacial score (nSPS) is 10.4. The molecule has 0 N–H and O–H groups in total. The second-order valence-electron chi connectivity index (χ2n) is 3.24. The average Bonchev–Trinajstić information content (AvgIpc) is 2.59. The summed E-state index contributed by atoms with van der Waals surface area (Å²) in [7, 11) is 0. The van der Waals surface area contributed by atoms with E-state index in [1.165, 1.54) is 4.68 Å². The monoisotopic (exact) mass is 299 g/mol. The van der Waals surface area contributed by atoms with Gasteiger partial charge in [-0.15, -0.1) is 0 Å². The van der Waals surface area contributed by atoms with Gasteiger partial charge in [-0.2, -0.15) is 5.10 Å². The largest absolute Gasteiger partial charge is 0.296 e. The lowest BCUT2D eigenvalue weighted by Crippen LogP contribution is -2.04. The van der Waals surface area contributed by atoms with Crippen molar-refractivity contribution in [2.24, 2.45) is 0 Å². The molecule has 2 rings (SSSR count). The van der Waals surface area contributed by atoms with E-state index in [9.17, 15) is 4.79 Å². The van der Waals surface area contributed by atoms with Crippen LogP contribution in [-0.4, -0.2) is 21.1 Å². The highest BCUT2D eigenvalue weighted by molar-refractivity contribution is 9.10. The molecule has 16 heavy (non-hydrogen) atoms. The first-order chi connectivity index (χ1) is 7.61. The van der Waals surface area contributed by atoms with Crippen molar-refractivity contribution in [2.45, 2.75) is 6.92 Å². The molecule has 0 amide bonds. The van der Waals surface area contributed by atoms with Crippen molar-refractivity contribution in [3.05, 3.63) is 39.2 Å². The summed E-state index contributed by atoms with van der Waals surface area (Å²) in [5, 5.41) is 4.55. The Morgan fingerprint density at radius 2 is 2.25 bits per heavy atom. The lowest BCUT2D eigenvalue weighted by molar-refractivity contribution is 0.111. The quantitative estimate of drug-likeness (QED) is 0.801. The van der Waals surface area contributed by atoms with Gasteiger partial charge in [0.15, 0.2) is 12.1 Å². The minimum absolute atomic E-state index is 0.394. The number of aldehydes is 1. The van der Waals surface area contributed by atoms with Crippen LogP contribution in [0.25, 0.3) is 5.82 Å². The summed E-state index contributed by atoms with van der Waals surface area (Å²) in [5.41, 5.74) is 1.35. The predicted octanol–water partition coefficient (Wildman–Crippen LogP) is 2.80. The Hall–Kier alpha value is -1.20. The molecule has 0 aliphatic rings. The number of carbonyl (C=O) groups excluding carboxylic acids is 1. The predicted molar refractivity (Wildman–Crippen MR) is 64.2 cm³/mol. The summed E-state index contributed by atoms with van der Waals surface area (Å²) in [6.45, 7) is 1.89. The van der Waals surface area contributed by atoms with E-state index in [2.05, 4.69) is 26.0 Å². The summed E-state index contributed by atoms with van der Waals surface area (Å²) < 4.78 is 1.96. The van der Waals surface area contributed by atoms with Gasteiger partial charge < -0.3 is 0 Å². The molecule has 0 aromatic carbocycles. The molecule has 0 aliphatic heterocycles. The lowest BCUT2D eigenvalue weighted by Gasteiger charge is -2.05. The number of halogens is 2.